The summed E-state index contributed by atoms with van der Waals surface area (Å²) < 4.78 is 1.12. The Morgan fingerprint density at radius 3 is 2.53 bits per heavy atom. The Bertz CT molecular complexity index is 359. The van der Waals surface area contributed by atoms with E-state index in [1.807, 2.05) is 0 Å². The monoisotopic (exact) mass is 297 g/mol. The van der Waals surface area contributed by atoms with Gasteiger partial charge in [-0.3, -0.25) is 0 Å². The molecular weight excluding hydrogens is 278 g/mol. The minimum absolute atomic E-state index is 0.314. The second-order valence-corrected chi connectivity index (χ2v) is 6.04. The number of hydrogen-bond acceptors (Lipinski definition) is 2. The minimum Gasteiger partial charge on any atom is -0.396 e. The van der Waals surface area contributed by atoms with Gasteiger partial charge in [-0.2, -0.15) is 0 Å². The van der Waals surface area contributed by atoms with Crippen LogP contribution in [0.15, 0.2) is 28.7 Å². The molecule has 1 atom stereocenters. The van der Waals surface area contributed by atoms with E-state index in [0.717, 1.165) is 17.4 Å². The highest BCUT2D eigenvalue weighted by Gasteiger charge is 2.41. The molecule has 94 valence electrons. The summed E-state index contributed by atoms with van der Waals surface area (Å²) in [4.78, 5) is 0. The van der Waals surface area contributed by atoms with Gasteiger partial charge < -0.3 is 10.4 Å². The minimum atomic E-state index is 0.314. The van der Waals surface area contributed by atoms with Gasteiger partial charge in [0.25, 0.3) is 0 Å². The van der Waals surface area contributed by atoms with Crippen LogP contribution in [0.5, 0.6) is 0 Å². The van der Waals surface area contributed by atoms with Crippen molar-refractivity contribution in [1.29, 1.82) is 0 Å². The first kappa shape index (κ1) is 13.1. The molecule has 2 rings (SSSR count). The van der Waals surface area contributed by atoms with Crippen LogP contribution >= 0.6 is 15.9 Å². The first-order valence-corrected chi connectivity index (χ1v) is 7.04. The summed E-state index contributed by atoms with van der Waals surface area (Å²) in [6, 6.07) is 8.82. The van der Waals surface area contributed by atoms with Crippen LogP contribution in [-0.2, 0) is 0 Å². The van der Waals surface area contributed by atoms with Crippen molar-refractivity contribution in [2.24, 2.45) is 5.41 Å². The Morgan fingerprint density at radius 2 is 2.00 bits per heavy atom. The van der Waals surface area contributed by atoms with Crippen LogP contribution in [-0.4, -0.2) is 18.3 Å². The Hall–Kier alpha value is -0.380. The molecule has 0 bridgehead atoms. The van der Waals surface area contributed by atoms with E-state index in [0.29, 0.717) is 18.1 Å². The molecular formula is C14H20BrNO. The second-order valence-electron chi connectivity index (χ2n) is 5.13. The van der Waals surface area contributed by atoms with E-state index in [-0.39, 0.29) is 0 Å². The lowest BCUT2D eigenvalue weighted by molar-refractivity contribution is 0.243. The predicted molar refractivity (Wildman–Crippen MR) is 73.9 cm³/mol. The van der Waals surface area contributed by atoms with Crippen molar-refractivity contribution < 1.29 is 5.11 Å². The Morgan fingerprint density at radius 1 is 1.35 bits per heavy atom. The van der Waals surface area contributed by atoms with Crippen LogP contribution in [0.3, 0.4) is 0 Å². The van der Waals surface area contributed by atoms with Gasteiger partial charge in [0.2, 0.25) is 0 Å². The lowest BCUT2D eigenvalue weighted by Gasteiger charge is -2.19. The fraction of sp³-hybridized carbons (Fsp3) is 0.571. The fourth-order valence-electron chi connectivity index (χ4n) is 2.17. The van der Waals surface area contributed by atoms with E-state index >= 15 is 0 Å². The SMILES string of the molecule is CC(NCC1(CCO)CC1)c1ccc(Br)cc1. The van der Waals surface area contributed by atoms with Gasteiger partial charge in [0.1, 0.15) is 0 Å². The zero-order valence-corrected chi connectivity index (χ0v) is 11.8. The van der Waals surface area contributed by atoms with Gasteiger partial charge >= 0.3 is 0 Å². The standard InChI is InChI=1S/C14H20BrNO/c1-11(12-2-4-13(15)5-3-12)16-10-14(6-7-14)8-9-17/h2-5,11,16-17H,6-10H2,1H3. The molecule has 1 fully saturated rings. The van der Waals surface area contributed by atoms with Crippen molar-refractivity contribution in [3.05, 3.63) is 34.3 Å². The molecule has 0 heterocycles. The molecule has 1 aromatic carbocycles. The normalized spacial score (nSPS) is 19.0. The van der Waals surface area contributed by atoms with Crippen molar-refractivity contribution in [3.8, 4) is 0 Å². The summed E-state index contributed by atoms with van der Waals surface area (Å²) in [7, 11) is 0. The van der Waals surface area contributed by atoms with Gasteiger partial charge in [0.05, 0.1) is 0 Å². The van der Waals surface area contributed by atoms with Crippen molar-refractivity contribution in [2.75, 3.05) is 13.2 Å². The Balaban J connectivity index is 1.85. The summed E-state index contributed by atoms with van der Waals surface area (Å²) in [5.74, 6) is 0. The van der Waals surface area contributed by atoms with Gasteiger partial charge in [-0.15, -0.1) is 0 Å². The number of aliphatic hydroxyl groups is 1. The zero-order chi connectivity index (χ0) is 12.3. The first-order chi connectivity index (χ1) is 8.15. The number of benzene rings is 1. The van der Waals surface area contributed by atoms with Crippen LogP contribution in [0.25, 0.3) is 0 Å². The van der Waals surface area contributed by atoms with Crippen molar-refractivity contribution in [1.82, 2.24) is 5.32 Å². The molecule has 17 heavy (non-hydrogen) atoms. The third-order valence-corrected chi connectivity index (χ3v) is 4.28. The molecule has 0 aliphatic heterocycles. The Kier molecular flexibility index (Phi) is 4.23. The van der Waals surface area contributed by atoms with E-state index in [1.165, 1.54) is 18.4 Å². The quantitative estimate of drug-likeness (QED) is 0.845. The van der Waals surface area contributed by atoms with Crippen LogP contribution < -0.4 is 5.32 Å². The number of nitrogens with one attached hydrogen (secondary N) is 1. The zero-order valence-electron chi connectivity index (χ0n) is 10.2. The maximum Gasteiger partial charge on any atom is 0.0436 e. The summed E-state index contributed by atoms with van der Waals surface area (Å²) in [6.07, 6.45) is 3.45. The van der Waals surface area contributed by atoms with Gasteiger partial charge in [0.15, 0.2) is 0 Å². The smallest absolute Gasteiger partial charge is 0.0436 e. The molecule has 1 aromatic rings. The van der Waals surface area contributed by atoms with Crippen molar-refractivity contribution in [3.63, 3.8) is 0 Å². The van der Waals surface area contributed by atoms with E-state index in [9.17, 15) is 0 Å². The highest BCUT2D eigenvalue weighted by Crippen LogP contribution is 2.48. The highest BCUT2D eigenvalue weighted by molar-refractivity contribution is 9.10. The molecule has 2 nitrogen and oxygen atoms in total. The van der Waals surface area contributed by atoms with Crippen LogP contribution in [0.1, 0.15) is 37.8 Å². The lowest BCUT2D eigenvalue weighted by Crippen LogP contribution is -2.27. The van der Waals surface area contributed by atoms with Crippen molar-refractivity contribution >= 4 is 15.9 Å². The molecule has 0 radical (unpaired) electrons. The molecule has 1 unspecified atom stereocenters. The van der Waals surface area contributed by atoms with E-state index < -0.39 is 0 Å². The molecule has 3 heteroatoms. The fourth-order valence-corrected chi connectivity index (χ4v) is 2.43. The van der Waals surface area contributed by atoms with Gasteiger partial charge in [-0.25, -0.2) is 0 Å². The number of aliphatic hydroxyl groups excluding tert-OH is 1. The van der Waals surface area contributed by atoms with Crippen LogP contribution in [0.4, 0.5) is 0 Å². The van der Waals surface area contributed by atoms with Crippen LogP contribution in [0.2, 0.25) is 0 Å². The molecule has 0 aromatic heterocycles. The molecule has 2 N–H and O–H groups in total. The van der Waals surface area contributed by atoms with E-state index in [4.69, 9.17) is 5.11 Å². The lowest BCUT2D eigenvalue weighted by atomic mass is 10.0. The summed E-state index contributed by atoms with van der Waals surface area (Å²) >= 11 is 3.45. The predicted octanol–water partition coefficient (Wildman–Crippen LogP) is 3.26. The van der Waals surface area contributed by atoms with E-state index in [2.05, 4.69) is 52.4 Å². The van der Waals surface area contributed by atoms with Gasteiger partial charge in [-0.1, -0.05) is 28.1 Å². The molecule has 1 aliphatic carbocycles. The molecule has 0 amide bonds. The van der Waals surface area contributed by atoms with E-state index in [1.54, 1.807) is 0 Å². The third-order valence-electron chi connectivity index (χ3n) is 3.75. The summed E-state index contributed by atoms with van der Waals surface area (Å²) in [5.41, 5.74) is 1.70. The first-order valence-electron chi connectivity index (χ1n) is 6.25. The number of halogens is 1. The molecule has 0 spiro atoms. The Labute approximate surface area is 112 Å². The third kappa shape index (κ3) is 3.54. The van der Waals surface area contributed by atoms with Gasteiger partial charge in [0, 0.05) is 23.7 Å². The van der Waals surface area contributed by atoms with Crippen LogP contribution in [0, 0.1) is 5.41 Å². The second kappa shape index (κ2) is 5.51. The highest BCUT2D eigenvalue weighted by atomic mass is 79.9. The molecule has 1 aliphatic rings. The topological polar surface area (TPSA) is 32.3 Å². The average molecular weight is 298 g/mol. The largest absolute Gasteiger partial charge is 0.396 e. The van der Waals surface area contributed by atoms with Crippen molar-refractivity contribution in [2.45, 2.75) is 32.2 Å². The number of rotatable bonds is 6. The average Bonchev–Trinajstić information content (AvgIpc) is 3.08. The number of hydrogen-bond donors (Lipinski definition) is 2. The molecule has 1 saturated carbocycles. The maximum atomic E-state index is 9.02. The summed E-state index contributed by atoms with van der Waals surface area (Å²) in [5, 5.41) is 12.6. The summed E-state index contributed by atoms with van der Waals surface area (Å²) in [6.45, 7) is 3.53. The van der Waals surface area contributed by atoms with Gasteiger partial charge in [-0.05, 0) is 49.3 Å². The molecule has 0 saturated heterocycles. The maximum absolute atomic E-state index is 9.02.